The smallest absolute Gasteiger partial charge is 0.196 e. The molecular formula is C34H36ClFN2O3S. The second-order valence-electron chi connectivity index (χ2n) is 10.8. The van der Waals surface area contributed by atoms with E-state index >= 15 is 0 Å². The topological polar surface area (TPSA) is 54.7 Å². The maximum absolute atomic E-state index is 14.8. The number of pyridine rings is 1. The van der Waals surface area contributed by atoms with Crippen LogP contribution in [0, 0.1) is 11.7 Å². The highest BCUT2D eigenvalue weighted by molar-refractivity contribution is 7.22. The van der Waals surface area contributed by atoms with Crippen molar-refractivity contribution in [2.45, 2.75) is 39.6 Å². The van der Waals surface area contributed by atoms with Gasteiger partial charge in [-0.3, -0.25) is 9.69 Å². The summed E-state index contributed by atoms with van der Waals surface area (Å²) in [5.41, 5.74) is 3.72. The fourth-order valence-corrected chi connectivity index (χ4v) is 6.45. The predicted molar refractivity (Wildman–Crippen MR) is 172 cm³/mol. The second-order valence-corrected chi connectivity index (χ2v) is 11.8. The zero-order chi connectivity index (χ0) is 29.1. The fraction of sp³-hybridized carbons (Fsp3) is 0.265. The van der Waals surface area contributed by atoms with Crippen LogP contribution in [0.2, 0.25) is 0 Å². The highest BCUT2D eigenvalue weighted by Crippen LogP contribution is 2.40. The molecular weight excluding hydrogens is 571 g/mol. The van der Waals surface area contributed by atoms with E-state index < -0.39 is 6.10 Å². The fourth-order valence-electron chi connectivity index (χ4n) is 5.16. The van der Waals surface area contributed by atoms with Gasteiger partial charge in [-0.2, -0.15) is 0 Å². The summed E-state index contributed by atoms with van der Waals surface area (Å²) >= 11 is 1.52. The van der Waals surface area contributed by atoms with Crippen LogP contribution in [0.4, 0.5) is 4.39 Å². The molecule has 3 aromatic carbocycles. The first kappa shape index (κ1) is 31.4. The van der Waals surface area contributed by atoms with Crippen LogP contribution in [0.25, 0.3) is 20.7 Å². The minimum atomic E-state index is -0.946. The van der Waals surface area contributed by atoms with Crippen molar-refractivity contribution >= 4 is 34.0 Å². The zero-order valence-electron chi connectivity index (χ0n) is 24.2. The van der Waals surface area contributed by atoms with Crippen molar-refractivity contribution in [3.8, 4) is 16.2 Å². The Labute approximate surface area is 256 Å². The molecule has 1 atom stereocenters. The minimum Gasteiger partial charge on any atom is -0.497 e. The summed E-state index contributed by atoms with van der Waals surface area (Å²) in [6.45, 7) is 5.24. The second kappa shape index (κ2) is 13.7. The number of ether oxygens (including phenoxy) is 1. The lowest BCUT2D eigenvalue weighted by atomic mass is 9.97. The first-order chi connectivity index (χ1) is 19.8. The van der Waals surface area contributed by atoms with E-state index in [4.69, 9.17) is 4.74 Å². The molecule has 2 heterocycles. The van der Waals surface area contributed by atoms with E-state index in [1.54, 1.807) is 25.4 Å². The molecule has 42 heavy (non-hydrogen) atoms. The van der Waals surface area contributed by atoms with Crippen molar-refractivity contribution in [1.82, 2.24) is 9.47 Å². The van der Waals surface area contributed by atoms with Crippen molar-refractivity contribution in [2.75, 3.05) is 14.2 Å². The molecule has 0 fully saturated rings. The SMILES string of the molecule is COc1ccc(-c2sc3c(c2CN(C)Cc2ccccc2)c(=O)c(C(O)C(C)C)cn3Cc2ccccc2F)cc1.Cl. The van der Waals surface area contributed by atoms with Crippen LogP contribution in [0.15, 0.2) is 89.9 Å². The third-order valence-electron chi connectivity index (χ3n) is 7.36. The molecule has 1 unspecified atom stereocenters. The zero-order valence-corrected chi connectivity index (χ0v) is 25.8. The van der Waals surface area contributed by atoms with Gasteiger partial charge in [-0.1, -0.05) is 62.4 Å². The largest absolute Gasteiger partial charge is 0.497 e. The molecule has 5 nitrogen and oxygen atoms in total. The summed E-state index contributed by atoms with van der Waals surface area (Å²) in [5, 5.41) is 11.7. The number of thiophene rings is 1. The summed E-state index contributed by atoms with van der Waals surface area (Å²) in [4.78, 5) is 18.1. The van der Waals surface area contributed by atoms with Crippen LogP contribution in [0.1, 0.15) is 42.2 Å². The number of rotatable bonds is 10. The molecule has 0 aliphatic rings. The van der Waals surface area contributed by atoms with Gasteiger partial charge in [0, 0.05) is 35.3 Å². The lowest BCUT2D eigenvalue weighted by molar-refractivity contribution is 0.125. The lowest BCUT2D eigenvalue weighted by Gasteiger charge is -2.20. The van der Waals surface area contributed by atoms with E-state index in [1.165, 1.54) is 23.0 Å². The van der Waals surface area contributed by atoms with Gasteiger partial charge in [0.15, 0.2) is 5.43 Å². The van der Waals surface area contributed by atoms with Crippen molar-refractivity contribution in [3.05, 3.63) is 123 Å². The van der Waals surface area contributed by atoms with Crippen LogP contribution < -0.4 is 10.2 Å². The maximum atomic E-state index is 14.8. The van der Waals surface area contributed by atoms with Crippen molar-refractivity contribution in [1.29, 1.82) is 0 Å². The Morgan fingerprint density at radius 2 is 1.64 bits per heavy atom. The number of methoxy groups -OCH3 is 1. The number of fused-ring (bicyclic) bond motifs is 1. The molecule has 0 aliphatic heterocycles. The number of aliphatic hydroxyl groups excluding tert-OH is 1. The Kier molecular flexibility index (Phi) is 10.2. The van der Waals surface area contributed by atoms with E-state index in [1.807, 2.05) is 74.0 Å². The summed E-state index contributed by atoms with van der Waals surface area (Å²) < 4.78 is 22.1. The molecule has 0 radical (unpaired) electrons. The van der Waals surface area contributed by atoms with E-state index in [2.05, 4.69) is 17.0 Å². The molecule has 1 N–H and O–H groups in total. The number of hydrogen-bond acceptors (Lipinski definition) is 5. The minimum absolute atomic E-state index is 0. The van der Waals surface area contributed by atoms with E-state index in [-0.39, 0.29) is 36.1 Å². The van der Waals surface area contributed by atoms with Crippen LogP contribution in [0.5, 0.6) is 5.75 Å². The summed E-state index contributed by atoms with van der Waals surface area (Å²) in [6, 6.07) is 24.7. The molecule has 5 rings (SSSR count). The molecule has 0 saturated heterocycles. The van der Waals surface area contributed by atoms with Gasteiger partial charge in [-0.25, -0.2) is 4.39 Å². The first-order valence-corrected chi connectivity index (χ1v) is 14.6. The molecule has 5 aromatic rings. The predicted octanol–water partition coefficient (Wildman–Crippen LogP) is 7.67. The number of nitrogens with zero attached hydrogens (tertiary/aromatic N) is 2. The van der Waals surface area contributed by atoms with Gasteiger partial charge in [0.1, 0.15) is 16.4 Å². The molecule has 0 aliphatic carbocycles. The van der Waals surface area contributed by atoms with Crippen molar-refractivity contribution < 1.29 is 14.2 Å². The molecule has 0 spiro atoms. The van der Waals surface area contributed by atoms with Gasteiger partial charge < -0.3 is 14.4 Å². The first-order valence-electron chi connectivity index (χ1n) is 13.7. The number of halogens is 2. The number of aliphatic hydroxyl groups is 1. The quantitative estimate of drug-likeness (QED) is 0.177. The standard InChI is InChI=1S/C34H35FN2O3S.ClH/c1-22(2)31(38)28-21-37(19-25-12-8-9-13-29(25)35)34-30(32(28)39)27(20-36(3)18-23-10-6-5-7-11-23)33(41-34)24-14-16-26(40-4)17-15-24;/h5-17,21-22,31,38H,18-20H2,1-4H3;1H. The summed E-state index contributed by atoms with van der Waals surface area (Å²) in [6.07, 6.45) is 0.770. The third kappa shape index (κ3) is 6.60. The average molecular weight is 607 g/mol. The lowest BCUT2D eigenvalue weighted by Crippen LogP contribution is -2.22. The van der Waals surface area contributed by atoms with Crippen molar-refractivity contribution in [2.24, 2.45) is 5.92 Å². The van der Waals surface area contributed by atoms with E-state index in [0.29, 0.717) is 29.6 Å². The normalized spacial score (nSPS) is 12.1. The average Bonchev–Trinajstić information content (AvgIpc) is 3.35. The molecule has 0 saturated carbocycles. The van der Waals surface area contributed by atoms with Crippen LogP contribution in [0.3, 0.4) is 0 Å². The molecule has 0 amide bonds. The molecule has 2 aromatic heterocycles. The Hall–Kier alpha value is -3.49. The Morgan fingerprint density at radius 3 is 2.29 bits per heavy atom. The molecule has 220 valence electrons. The highest BCUT2D eigenvalue weighted by Gasteiger charge is 2.25. The van der Waals surface area contributed by atoms with E-state index in [0.717, 1.165) is 26.6 Å². The van der Waals surface area contributed by atoms with Gasteiger partial charge in [-0.15, -0.1) is 23.7 Å². The van der Waals surface area contributed by atoms with Crippen LogP contribution >= 0.6 is 23.7 Å². The molecule has 8 heteroatoms. The highest BCUT2D eigenvalue weighted by atomic mass is 35.5. The van der Waals surface area contributed by atoms with Gasteiger partial charge >= 0.3 is 0 Å². The van der Waals surface area contributed by atoms with Gasteiger partial charge in [0.25, 0.3) is 0 Å². The van der Waals surface area contributed by atoms with Crippen molar-refractivity contribution in [3.63, 3.8) is 0 Å². The van der Waals surface area contributed by atoms with Crippen LogP contribution in [-0.4, -0.2) is 28.7 Å². The maximum Gasteiger partial charge on any atom is 0.196 e. The van der Waals surface area contributed by atoms with Gasteiger partial charge in [0.05, 0.1) is 25.1 Å². The third-order valence-corrected chi connectivity index (χ3v) is 8.68. The van der Waals surface area contributed by atoms with Gasteiger partial charge in [0.2, 0.25) is 0 Å². The Morgan fingerprint density at radius 1 is 0.976 bits per heavy atom. The number of aromatic nitrogens is 1. The van der Waals surface area contributed by atoms with E-state index in [9.17, 15) is 14.3 Å². The molecule has 0 bridgehead atoms. The van der Waals surface area contributed by atoms with Gasteiger partial charge in [-0.05, 0) is 60.0 Å². The Balaban J connectivity index is 0.00000405. The summed E-state index contributed by atoms with van der Waals surface area (Å²) in [5.74, 6) is 0.282. The number of hydrogen-bond donors (Lipinski definition) is 1. The number of benzene rings is 3. The Bertz CT molecular complexity index is 1700. The van der Waals surface area contributed by atoms with Crippen LogP contribution in [-0.2, 0) is 19.6 Å². The monoisotopic (exact) mass is 606 g/mol. The summed E-state index contributed by atoms with van der Waals surface area (Å²) in [7, 11) is 3.67.